The van der Waals surface area contributed by atoms with Gasteiger partial charge in [-0.15, -0.1) is 11.3 Å². The third-order valence-corrected chi connectivity index (χ3v) is 4.39. The van der Waals surface area contributed by atoms with Crippen molar-refractivity contribution in [3.8, 4) is 0 Å². The molecule has 3 rings (SSSR count). The van der Waals surface area contributed by atoms with E-state index in [2.05, 4.69) is 0 Å². The van der Waals surface area contributed by atoms with Crippen LogP contribution in [-0.2, 0) is 13.1 Å². The number of hydrogen-bond acceptors (Lipinski definition) is 4. The molecule has 0 saturated carbocycles. The summed E-state index contributed by atoms with van der Waals surface area (Å²) in [5, 5.41) is 11.9. The first-order valence-electron chi connectivity index (χ1n) is 7.18. The zero-order chi connectivity index (χ0) is 16.2. The van der Waals surface area contributed by atoms with Gasteiger partial charge in [-0.1, -0.05) is 0 Å². The number of carbonyl (C=O) groups excluding carboxylic acids is 1. The maximum Gasteiger partial charge on any atom is 0.320 e. The molecule has 6 heteroatoms. The van der Waals surface area contributed by atoms with Crippen molar-refractivity contribution in [2.24, 2.45) is 0 Å². The number of nitrogens with zero attached hydrogens (tertiary/aromatic N) is 2. The molecule has 0 aliphatic heterocycles. The molecule has 0 aliphatic carbocycles. The van der Waals surface area contributed by atoms with Gasteiger partial charge in [0.1, 0.15) is 5.76 Å². The summed E-state index contributed by atoms with van der Waals surface area (Å²) < 4.78 is 5.94. The quantitative estimate of drug-likeness (QED) is 0.534. The molecule has 0 N–H and O–H groups in total. The molecule has 0 aliphatic rings. The Balaban J connectivity index is 1.87. The molecule has 1 amide bonds. The van der Waals surface area contributed by atoms with E-state index in [9.17, 15) is 10.0 Å². The number of carbonyl (C=O) groups is 1. The highest BCUT2D eigenvalue weighted by atomic mass is 32.1. The minimum atomic E-state index is -0.317. The van der Waals surface area contributed by atoms with E-state index in [1.165, 1.54) is 17.1 Å². The standard InChI is InChI=1S/C17H16N2O3S/c1-13-7-8-15(23-13)12-18(11-14-5-4-10-22-14)17(20)16-6-2-3-9-19(16)21/h2-10H,11-12H2,1H3. The monoisotopic (exact) mass is 328 g/mol. The van der Waals surface area contributed by atoms with Gasteiger partial charge in [-0.2, -0.15) is 4.73 Å². The summed E-state index contributed by atoms with van der Waals surface area (Å²) in [6.45, 7) is 2.78. The van der Waals surface area contributed by atoms with Crippen molar-refractivity contribution in [3.63, 3.8) is 0 Å². The van der Waals surface area contributed by atoms with Crippen LogP contribution in [0.1, 0.15) is 26.0 Å². The fourth-order valence-corrected chi connectivity index (χ4v) is 3.21. The molecule has 0 bridgehead atoms. The first-order chi connectivity index (χ1) is 11.1. The largest absolute Gasteiger partial charge is 0.618 e. The average molecular weight is 328 g/mol. The lowest BCUT2D eigenvalue weighted by atomic mass is 10.2. The van der Waals surface area contributed by atoms with Crippen LogP contribution in [0.5, 0.6) is 0 Å². The molecule has 0 atom stereocenters. The fourth-order valence-electron chi connectivity index (χ4n) is 2.30. The van der Waals surface area contributed by atoms with E-state index in [4.69, 9.17) is 4.42 Å². The first-order valence-corrected chi connectivity index (χ1v) is 8.00. The zero-order valence-electron chi connectivity index (χ0n) is 12.6. The van der Waals surface area contributed by atoms with Gasteiger partial charge in [0.2, 0.25) is 0 Å². The van der Waals surface area contributed by atoms with E-state index in [-0.39, 0.29) is 11.6 Å². The van der Waals surface area contributed by atoms with Crippen molar-refractivity contribution < 1.29 is 13.9 Å². The summed E-state index contributed by atoms with van der Waals surface area (Å²) in [7, 11) is 0. The van der Waals surface area contributed by atoms with E-state index < -0.39 is 0 Å². The van der Waals surface area contributed by atoms with E-state index in [0.29, 0.717) is 23.6 Å². The SMILES string of the molecule is Cc1ccc(CN(Cc2ccco2)C(=O)c2cccc[n+]2[O-])s1. The second-order valence-corrected chi connectivity index (χ2v) is 6.54. The number of pyridine rings is 1. The number of furan rings is 1. The van der Waals surface area contributed by atoms with Crippen LogP contribution in [-0.4, -0.2) is 10.8 Å². The van der Waals surface area contributed by atoms with Gasteiger partial charge >= 0.3 is 5.91 Å². The lowest BCUT2D eigenvalue weighted by molar-refractivity contribution is -0.608. The molecule has 0 aromatic carbocycles. The Morgan fingerprint density at radius 1 is 1.22 bits per heavy atom. The third-order valence-electron chi connectivity index (χ3n) is 3.40. The number of aromatic nitrogens is 1. The second kappa shape index (κ2) is 6.66. The Kier molecular flexibility index (Phi) is 4.43. The molecule has 3 aromatic heterocycles. The summed E-state index contributed by atoms with van der Waals surface area (Å²) in [6.07, 6.45) is 2.90. The number of rotatable bonds is 5. The van der Waals surface area contributed by atoms with E-state index in [1.807, 2.05) is 25.1 Å². The molecule has 3 heterocycles. The van der Waals surface area contributed by atoms with Crippen molar-refractivity contribution in [2.75, 3.05) is 0 Å². The number of aryl methyl sites for hydroxylation is 1. The van der Waals surface area contributed by atoms with Gasteiger partial charge in [0.25, 0.3) is 5.69 Å². The molecule has 0 radical (unpaired) electrons. The van der Waals surface area contributed by atoms with Crippen LogP contribution >= 0.6 is 11.3 Å². The molecule has 5 nitrogen and oxygen atoms in total. The van der Waals surface area contributed by atoms with E-state index in [1.54, 1.807) is 40.7 Å². The molecule has 0 spiro atoms. The molecule has 0 unspecified atom stereocenters. The van der Waals surface area contributed by atoms with E-state index >= 15 is 0 Å². The number of hydrogen-bond donors (Lipinski definition) is 0. The van der Waals surface area contributed by atoms with Crippen LogP contribution in [0.15, 0.2) is 59.3 Å². The topological polar surface area (TPSA) is 60.4 Å². The smallest absolute Gasteiger partial charge is 0.320 e. The molecule has 0 saturated heterocycles. The Hall–Kier alpha value is -2.60. The minimum absolute atomic E-state index is 0.104. The summed E-state index contributed by atoms with van der Waals surface area (Å²) in [5.74, 6) is 0.364. The normalized spacial score (nSPS) is 10.7. The highest BCUT2D eigenvalue weighted by molar-refractivity contribution is 7.11. The van der Waals surface area contributed by atoms with Crippen LogP contribution in [0.25, 0.3) is 0 Å². The van der Waals surface area contributed by atoms with Crippen molar-refractivity contribution in [1.29, 1.82) is 0 Å². The molecule has 118 valence electrons. The predicted octanol–water partition coefficient (Wildman–Crippen LogP) is 3.13. The van der Waals surface area contributed by atoms with Gasteiger partial charge in [0, 0.05) is 21.9 Å². The zero-order valence-corrected chi connectivity index (χ0v) is 13.5. The molecular formula is C17H16N2O3S. The fraction of sp³-hybridized carbons (Fsp3) is 0.176. The van der Waals surface area contributed by atoms with E-state index in [0.717, 1.165) is 4.88 Å². The Bertz CT molecular complexity index is 796. The molecular weight excluding hydrogens is 312 g/mol. The lowest BCUT2D eigenvalue weighted by Crippen LogP contribution is -2.40. The Morgan fingerprint density at radius 3 is 2.74 bits per heavy atom. The van der Waals surface area contributed by atoms with Crippen molar-refractivity contribution in [1.82, 2.24) is 4.90 Å². The van der Waals surface area contributed by atoms with Crippen LogP contribution < -0.4 is 4.73 Å². The summed E-state index contributed by atoms with van der Waals surface area (Å²) in [5.41, 5.74) is 0.104. The maximum atomic E-state index is 12.8. The van der Waals surface area contributed by atoms with Crippen LogP contribution in [0, 0.1) is 12.1 Å². The summed E-state index contributed by atoms with van der Waals surface area (Å²) >= 11 is 1.64. The van der Waals surface area contributed by atoms with Gasteiger partial charge in [0.05, 0.1) is 19.4 Å². The van der Waals surface area contributed by atoms with Gasteiger partial charge in [-0.25, -0.2) is 0 Å². The van der Waals surface area contributed by atoms with Gasteiger partial charge < -0.3 is 14.5 Å². The summed E-state index contributed by atoms with van der Waals surface area (Å²) in [4.78, 5) is 16.6. The molecule has 3 aromatic rings. The maximum absolute atomic E-state index is 12.8. The first kappa shape index (κ1) is 15.3. The Labute approximate surface area is 138 Å². The van der Waals surface area contributed by atoms with Crippen molar-refractivity contribution in [3.05, 3.63) is 81.3 Å². The Morgan fingerprint density at radius 2 is 2.09 bits per heavy atom. The van der Waals surface area contributed by atoms with Gasteiger partial charge in [0.15, 0.2) is 6.20 Å². The van der Waals surface area contributed by atoms with Gasteiger partial charge in [-0.05, 0) is 37.3 Å². The van der Waals surface area contributed by atoms with Crippen LogP contribution in [0.4, 0.5) is 0 Å². The van der Waals surface area contributed by atoms with Crippen LogP contribution in [0.2, 0.25) is 0 Å². The highest BCUT2D eigenvalue weighted by Crippen LogP contribution is 2.19. The van der Waals surface area contributed by atoms with Crippen molar-refractivity contribution >= 4 is 17.2 Å². The van der Waals surface area contributed by atoms with Gasteiger partial charge in [-0.3, -0.25) is 4.79 Å². The lowest BCUT2D eigenvalue weighted by Gasteiger charge is -2.20. The highest BCUT2D eigenvalue weighted by Gasteiger charge is 2.24. The average Bonchev–Trinajstić information content (AvgIpc) is 3.18. The minimum Gasteiger partial charge on any atom is -0.618 e. The molecule has 23 heavy (non-hydrogen) atoms. The number of amides is 1. The second-order valence-electron chi connectivity index (χ2n) is 5.16. The van der Waals surface area contributed by atoms with Crippen molar-refractivity contribution in [2.45, 2.75) is 20.0 Å². The summed E-state index contributed by atoms with van der Waals surface area (Å²) in [6, 6.07) is 12.4. The van der Waals surface area contributed by atoms with Crippen LogP contribution in [0.3, 0.4) is 0 Å². The molecule has 0 fully saturated rings. The third kappa shape index (κ3) is 3.60. The predicted molar refractivity (Wildman–Crippen MR) is 86.7 cm³/mol. The number of thiophene rings is 1.